The summed E-state index contributed by atoms with van der Waals surface area (Å²) in [6, 6.07) is 4.10. The number of carbonyl (C=O) groups is 1. The Morgan fingerprint density at radius 1 is 1.26 bits per heavy atom. The number of hydrogen-bond acceptors (Lipinski definition) is 4. The molecule has 4 N–H and O–H groups in total. The Hall–Kier alpha value is -1.74. The lowest BCUT2D eigenvalue weighted by atomic mass is 10.1. The lowest BCUT2D eigenvalue weighted by molar-refractivity contribution is 0.100. The molecule has 1 aromatic carbocycles. The van der Waals surface area contributed by atoms with Crippen molar-refractivity contribution in [1.82, 2.24) is 0 Å². The molecule has 1 atom stereocenters. The number of amides is 1. The van der Waals surface area contributed by atoms with Gasteiger partial charge in [-0.1, -0.05) is 13.8 Å². The summed E-state index contributed by atoms with van der Waals surface area (Å²) in [5.74, 6) is -0.648. The quantitative estimate of drug-likeness (QED) is 0.539. The van der Waals surface area contributed by atoms with E-state index in [1.807, 2.05) is 6.92 Å². The van der Waals surface area contributed by atoms with Crippen molar-refractivity contribution in [3.63, 3.8) is 0 Å². The van der Waals surface area contributed by atoms with Gasteiger partial charge in [0.2, 0.25) is 0 Å². The Morgan fingerprint density at radius 2 is 1.91 bits per heavy atom. The van der Waals surface area contributed by atoms with Gasteiger partial charge in [-0.05, 0) is 36.6 Å². The van der Waals surface area contributed by atoms with Gasteiger partial charge >= 0.3 is 0 Å². The van der Waals surface area contributed by atoms with Crippen LogP contribution in [0.3, 0.4) is 0 Å². The number of sulfone groups is 1. The zero-order valence-corrected chi connectivity index (χ0v) is 14.7. The van der Waals surface area contributed by atoms with Crippen molar-refractivity contribution in [2.75, 3.05) is 10.8 Å². The van der Waals surface area contributed by atoms with Crippen LogP contribution in [0.25, 0.3) is 0 Å². The van der Waals surface area contributed by atoms with Crippen LogP contribution < -0.4 is 11.5 Å². The first-order valence-electron chi connectivity index (χ1n) is 7.05. The summed E-state index contributed by atoms with van der Waals surface area (Å²) in [7, 11) is -5.11. The maximum Gasteiger partial charge on any atom is 0.280 e. The van der Waals surface area contributed by atoms with E-state index in [4.69, 9.17) is 11.5 Å². The monoisotopic (exact) mass is 359 g/mol. The van der Waals surface area contributed by atoms with Crippen LogP contribution in [0, 0.1) is 0 Å². The van der Waals surface area contributed by atoms with Crippen molar-refractivity contribution in [1.29, 1.82) is 0 Å². The predicted octanol–water partition coefficient (Wildman–Crippen LogP) is 0.553. The van der Waals surface area contributed by atoms with Crippen molar-refractivity contribution in [3.05, 3.63) is 29.3 Å². The molecule has 0 bridgehead atoms. The van der Waals surface area contributed by atoms with E-state index in [0.717, 1.165) is 0 Å². The van der Waals surface area contributed by atoms with Crippen LogP contribution in [-0.2, 0) is 27.1 Å². The van der Waals surface area contributed by atoms with Gasteiger partial charge < -0.3 is 11.5 Å². The predicted molar refractivity (Wildman–Crippen MR) is 91.3 cm³/mol. The molecule has 0 aromatic heterocycles. The highest BCUT2D eigenvalue weighted by atomic mass is 32.3. The number of nitrogens with two attached hydrogens (primary N) is 2. The zero-order valence-electron chi connectivity index (χ0n) is 13.1. The Morgan fingerprint density at radius 3 is 2.43 bits per heavy atom. The fourth-order valence-electron chi connectivity index (χ4n) is 1.97. The molecule has 0 saturated heterocycles. The van der Waals surface area contributed by atoms with Gasteiger partial charge in [-0.3, -0.25) is 9.00 Å². The molecule has 0 aliphatic heterocycles. The molecule has 0 heterocycles. The molecule has 128 valence electrons. The third kappa shape index (κ3) is 5.43. The van der Waals surface area contributed by atoms with Gasteiger partial charge in [-0.25, -0.2) is 8.42 Å². The largest absolute Gasteiger partial charge is 0.370 e. The van der Waals surface area contributed by atoms with E-state index in [1.54, 1.807) is 6.92 Å². The third-order valence-electron chi connectivity index (χ3n) is 3.00. The summed E-state index contributed by atoms with van der Waals surface area (Å²) in [6.45, 7) is 3.62. The summed E-state index contributed by atoms with van der Waals surface area (Å²) < 4.78 is 36.3. The smallest absolute Gasteiger partial charge is 0.280 e. The minimum Gasteiger partial charge on any atom is -0.370 e. The molecule has 0 fully saturated rings. The first-order valence-corrected chi connectivity index (χ1v) is 10.2. The number of carbonyl (C=O) groups excluding carboxylic acids is 1. The molecule has 0 aliphatic rings. The van der Waals surface area contributed by atoms with Crippen LogP contribution in [-0.4, -0.2) is 35.3 Å². The molecule has 1 rings (SSSR count). The van der Waals surface area contributed by atoms with E-state index < -0.39 is 31.6 Å². The van der Waals surface area contributed by atoms with Crippen molar-refractivity contribution >= 4 is 32.5 Å². The van der Waals surface area contributed by atoms with Gasteiger partial charge in [-0.2, -0.15) is 4.99 Å². The standard InChI is InChI=1S/C14H21N3O4S2/c1-3-7-22(19)9-23(20,21)11-5-6-12(10(4-2)8-11)13(18)17-14(15)16/h5-6,8H,3-4,7,9H2,1-2H3,(H4,15,16,17,18). The maximum absolute atomic E-state index is 12.3. The van der Waals surface area contributed by atoms with Crippen molar-refractivity contribution in [2.24, 2.45) is 16.5 Å². The molecular weight excluding hydrogens is 338 g/mol. The highest BCUT2D eigenvalue weighted by Gasteiger charge is 2.20. The zero-order chi connectivity index (χ0) is 17.6. The van der Waals surface area contributed by atoms with Crippen LogP contribution in [0.5, 0.6) is 0 Å². The molecule has 0 saturated carbocycles. The number of rotatable bonds is 7. The number of benzene rings is 1. The summed E-state index contributed by atoms with van der Waals surface area (Å²) in [5.41, 5.74) is 11.1. The Bertz CT molecular complexity index is 738. The van der Waals surface area contributed by atoms with E-state index in [0.29, 0.717) is 24.2 Å². The van der Waals surface area contributed by atoms with E-state index in [2.05, 4.69) is 4.99 Å². The summed E-state index contributed by atoms with van der Waals surface area (Å²) in [4.78, 5) is 15.4. The summed E-state index contributed by atoms with van der Waals surface area (Å²) >= 11 is 0. The lowest BCUT2D eigenvalue weighted by Crippen LogP contribution is -2.24. The van der Waals surface area contributed by atoms with Crippen LogP contribution >= 0.6 is 0 Å². The van der Waals surface area contributed by atoms with Crippen LogP contribution in [0.15, 0.2) is 28.1 Å². The van der Waals surface area contributed by atoms with Crippen molar-refractivity contribution < 1.29 is 17.4 Å². The summed E-state index contributed by atoms with van der Waals surface area (Å²) in [6.07, 6.45) is 1.08. The third-order valence-corrected chi connectivity index (χ3v) is 7.12. The first-order chi connectivity index (χ1) is 10.7. The van der Waals surface area contributed by atoms with Crippen LogP contribution in [0.1, 0.15) is 36.2 Å². The molecule has 9 heteroatoms. The molecule has 1 amide bonds. The Kier molecular flexibility index (Phi) is 6.89. The van der Waals surface area contributed by atoms with Gasteiger partial charge in [0.1, 0.15) is 5.08 Å². The minimum atomic E-state index is -3.68. The fraction of sp³-hybridized carbons (Fsp3) is 0.429. The highest BCUT2D eigenvalue weighted by molar-refractivity contribution is 8.05. The normalized spacial score (nSPS) is 12.6. The maximum atomic E-state index is 12.3. The number of aryl methyl sites for hydroxylation is 1. The number of hydrogen-bond donors (Lipinski definition) is 2. The molecule has 0 spiro atoms. The van der Waals surface area contributed by atoms with E-state index in [9.17, 15) is 17.4 Å². The topological polar surface area (TPSA) is 133 Å². The second-order valence-electron chi connectivity index (χ2n) is 4.89. The summed E-state index contributed by atoms with van der Waals surface area (Å²) in [5, 5.41) is -0.425. The van der Waals surface area contributed by atoms with Gasteiger partial charge in [0.15, 0.2) is 15.8 Å². The Balaban J connectivity index is 3.20. The van der Waals surface area contributed by atoms with Gasteiger partial charge in [0.25, 0.3) is 5.91 Å². The lowest BCUT2D eigenvalue weighted by Gasteiger charge is -2.09. The molecule has 1 aromatic rings. The number of nitrogens with zero attached hydrogens (tertiary/aromatic N) is 1. The molecule has 0 aliphatic carbocycles. The van der Waals surface area contributed by atoms with E-state index in [1.165, 1.54) is 18.2 Å². The molecule has 7 nitrogen and oxygen atoms in total. The molecule has 1 unspecified atom stereocenters. The number of aliphatic imine (C=N–C) groups is 1. The van der Waals surface area contributed by atoms with Gasteiger partial charge in [0.05, 0.1) is 4.90 Å². The van der Waals surface area contributed by atoms with E-state index >= 15 is 0 Å². The number of guanidine groups is 1. The molecule has 23 heavy (non-hydrogen) atoms. The SMILES string of the molecule is CCCS(=O)CS(=O)(=O)c1ccc(C(=O)N=C(N)N)c(CC)c1. The molecule has 0 radical (unpaired) electrons. The average molecular weight is 359 g/mol. The van der Waals surface area contributed by atoms with Gasteiger partial charge in [0, 0.05) is 22.1 Å². The van der Waals surface area contributed by atoms with Crippen molar-refractivity contribution in [3.8, 4) is 0 Å². The van der Waals surface area contributed by atoms with Crippen LogP contribution in [0.4, 0.5) is 0 Å². The Labute approximate surface area is 138 Å². The molecular formula is C14H21N3O4S2. The van der Waals surface area contributed by atoms with Crippen molar-refractivity contribution in [2.45, 2.75) is 31.6 Å². The highest BCUT2D eigenvalue weighted by Crippen LogP contribution is 2.19. The first kappa shape index (κ1) is 19.3. The second kappa shape index (κ2) is 8.21. The fourth-order valence-corrected chi connectivity index (χ4v) is 5.42. The van der Waals surface area contributed by atoms with Crippen LogP contribution in [0.2, 0.25) is 0 Å². The minimum absolute atomic E-state index is 0.0417. The average Bonchev–Trinajstić information content (AvgIpc) is 2.45. The second-order valence-corrected chi connectivity index (χ2v) is 8.82. The van der Waals surface area contributed by atoms with Gasteiger partial charge in [-0.15, -0.1) is 0 Å². The van der Waals surface area contributed by atoms with E-state index in [-0.39, 0.29) is 16.4 Å².